The maximum Gasteiger partial charge on any atom is 0.109 e. The van der Waals surface area contributed by atoms with Gasteiger partial charge in [-0.15, -0.1) is 11.8 Å². The quantitative estimate of drug-likeness (QED) is 0.493. The van der Waals surface area contributed by atoms with Crippen LogP contribution in [0.4, 0.5) is 0 Å². The minimum atomic E-state index is -0.338. The minimum absolute atomic E-state index is 0.338. The van der Waals surface area contributed by atoms with E-state index in [1.54, 1.807) is 18.0 Å². The zero-order chi connectivity index (χ0) is 11.3. The van der Waals surface area contributed by atoms with Crippen molar-refractivity contribution in [2.45, 2.75) is 18.4 Å². The van der Waals surface area contributed by atoms with Crippen LogP contribution in [0.5, 0.6) is 0 Å². The van der Waals surface area contributed by atoms with E-state index in [2.05, 4.69) is 15.1 Å². The fourth-order valence-corrected chi connectivity index (χ4v) is 2.59. The molecule has 0 bridgehead atoms. The van der Waals surface area contributed by atoms with Crippen molar-refractivity contribution >= 4 is 23.5 Å². The maximum atomic E-state index is 8.66. The van der Waals surface area contributed by atoms with Gasteiger partial charge in [0.05, 0.1) is 11.8 Å². The Morgan fingerprint density at radius 3 is 3.19 bits per heavy atom. The summed E-state index contributed by atoms with van der Waals surface area (Å²) in [5.41, 5.74) is 2.67. The lowest BCUT2D eigenvalue weighted by molar-refractivity contribution is 0.317. The van der Waals surface area contributed by atoms with Gasteiger partial charge in [-0.3, -0.25) is 9.98 Å². The van der Waals surface area contributed by atoms with E-state index >= 15 is 0 Å². The molecule has 0 saturated carbocycles. The van der Waals surface area contributed by atoms with Gasteiger partial charge in [0.15, 0.2) is 0 Å². The molecule has 0 aromatic carbocycles. The molecule has 1 unspecified atom stereocenters. The second kappa shape index (κ2) is 5.12. The van der Waals surface area contributed by atoms with Crippen LogP contribution >= 0.6 is 11.8 Å². The van der Waals surface area contributed by atoms with E-state index in [1.165, 1.54) is 11.8 Å². The fourth-order valence-electron chi connectivity index (χ4n) is 1.65. The van der Waals surface area contributed by atoms with Crippen LogP contribution in [0.2, 0.25) is 0 Å². The summed E-state index contributed by atoms with van der Waals surface area (Å²) in [6.07, 6.45) is 6.87. The third-order valence-corrected chi connectivity index (χ3v) is 3.51. The first-order valence-corrected chi connectivity index (χ1v) is 6.12. The minimum Gasteiger partial charge on any atom is -0.411 e. The number of aryl methyl sites for hydroxylation is 1. The second-order valence-electron chi connectivity index (χ2n) is 3.75. The van der Waals surface area contributed by atoms with Crippen LogP contribution < -0.4 is 0 Å². The number of aromatic nitrogens is 1. The molecule has 1 aromatic heterocycles. The van der Waals surface area contributed by atoms with Gasteiger partial charge in [0.25, 0.3) is 0 Å². The number of nitrogens with zero attached hydrogens (tertiary/aromatic N) is 3. The zero-order valence-corrected chi connectivity index (χ0v) is 9.60. The Balaban J connectivity index is 2.00. The maximum absolute atomic E-state index is 8.66. The summed E-state index contributed by atoms with van der Waals surface area (Å²) in [6.45, 7) is 0. The molecule has 1 aromatic rings. The van der Waals surface area contributed by atoms with Crippen molar-refractivity contribution in [3.05, 3.63) is 30.1 Å². The first kappa shape index (κ1) is 11.1. The van der Waals surface area contributed by atoms with Crippen molar-refractivity contribution < 1.29 is 5.21 Å². The number of thioether (sulfide) groups is 1. The summed E-state index contributed by atoms with van der Waals surface area (Å²) in [4.78, 5) is 8.45. The highest BCUT2D eigenvalue weighted by Gasteiger charge is 2.30. The second-order valence-corrected chi connectivity index (χ2v) is 4.59. The average molecular weight is 235 g/mol. The molecule has 0 saturated heterocycles. The summed E-state index contributed by atoms with van der Waals surface area (Å²) in [5, 5.41) is 11.8. The number of hydrogen-bond donors (Lipinski definition) is 1. The summed E-state index contributed by atoms with van der Waals surface area (Å²) in [6, 6.07) is 3.97. The van der Waals surface area contributed by atoms with Crippen LogP contribution in [0.15, 0.2) is 34.7 Å². The first-order chi connectivity index (χ1) is 7.85. The van der Waals surface area contributed by atoms with E-state index in [0.717, 1.165) is 18.6 Å². The van der Waals surface area contributed by atoms with Gasteiger partial charge in [0.2, 0.25) is 0 Å². The monoisotopic (exact) mass is 235 g/mol. The SMILES string of the molecule is O/N=C\C1(CCc2cccnc2)CSC=N1. The molecule has 0 aliphatic carbocycles. The molecule has 1 N–H and O–H groups in total. The average Bonchev–Trinajstić information content (AvgIpc) is 2.78. The summed E-state index contributed by atoms with van der Waals surface area (Å²) < 4.78 is 0. The molecule has 1 atom stereocenters. The van der Waals surface area contributed by atoms with Crippen LogP contribution in [0.1, 0.15) is 12.0 Å². The Kier molecular flexibility index (Phi) is 3.56. The number of pyridine rings is 1. The Labute approximate surface area is 98.5 Å². The van der Waals surface area contributed by atoms with Gasteiger partial charge in [-0.05, 0) is 24.5 Å². The van der Waals surface area contributed by atoms with Gasteiger partial charge in [0, 0.05) is 18.1 Å². The Hall–Kier alpha value is -1.36. The van der Waals surface area contributed by atoms with E-state index in [-0.39, 0.29) is 5.54 Å². The molecule has 0 amide bonds. The lowest BCUT2D eigenvalue weighted by Gasteiger charge is -2.19. The van der Waals surface area contributed by atoms with Crippen molar-refractivity contribution in [1.29, 1.82) is 0 Å². The highest BCUT2D eigenvalue weighted by molar-refractivity contribution is 8.12. The topological polar surface area (TPSA) is 57.8 Å². The van der Waals surface area contributed by atoms with Gasteiger partial charge >= 0.3 is 0 Å². The molecule has 0 spiro atoms. The highest BCUT2D eigenvalue weighted by atomic mass is 32.2. The predicted molar refractivity (Wildman–Crippen MR) is 66.5 cm³/mol. The number of hydrogen-bond acceptors (Lipinski definition) is 5. The van der Waals surface area contributed by atoms with E-state index in [0.29, 0.717) is 0 Å². The van der Waals surface area contributed by atoms with E-state index < -0.39 is 0 Å². The summed E-state index contributed by atoms with van der Waals surface area (Å²) >= 11 is 1.65. The Morgan fingerprint density at radius 2 is 2.56 bits per heavy atom. The number of oxime groups is 1. The van der Waals surface area contributed by atoms with Gasteiger partial charge in [-0.2, -0.15) is 0 Å². The first-order valence-electron chi connectivity index (χ1n) is 5.07. The molecule has 1 aliphatic heterocycles. The lowest BCUT2D eigenvalue weighted by Crippen LogP contribution is -2.29. The zero-order valence-electron chi connectivity index (χ0n) is 8.78. The molecule has 4 nitrogen and oxygen atoms in total. The Bertz CT molecular complexity index is 393. The van der Waals surface area contributed by atoms with E-state index in [9.17, 15) is 0 Å². The van der Waals surface area contributed by atoms with Crippen molar-refractivity contribution in [2.24, 2.45) is 10.1 Å². The van der Waals surface area contributed by atoms with Crippen molar-refractivity contribution in [1.82, 2.24) is 4.98 Å². The number of rotatable bonds is 4. The largest absolute Gasteiger partial charge is 0.411 e. The third kappa shape index (κ3) is 2.61. The van der Waals surface area contributed by atoms with E-state index in [4.69, 9.17) is 5.21 Å². The predicted octanol–water partition coefficient (Wildman–Crippen LogP) is 1.99. The Morgan fingerprint density at radius 1 is 1.62 bits per heavy atom. The third-order valence-electron chi connectivity index (χ3n) is 2.59. The molecule has 1 aliphatic rings. The van der Waals surface area contributed by atoms with E-state index in [1.807, 2.05) is 23.9 Å². The fraction of sp³-hybridized carbons (Fsp3) is 0.364. The standard InChI is InChI=1S/C11H13N3OS/c15-14-7-11(8-16-9-13-11)4-3-10-2-1-5-12-6-10/h1-2,5-7,9,15H,3-4,8H2/b14-7-. The molecule has 16 heavy (non-hydrogen) atoms. The van der Waals surface area contributed by atoms with Crippen molar-refractivity contribution in [3.8, 4) is 0 Å². The van der Waals surface area contributed by atoms with Crippen LogP contribution in [-0.4, -0.2) is 33.2 Å². The molecule has 0 fully saturated rings. The smallest absolute Gasteiger partial charge is 0.109 e. The number of aliphatic imine (C=N–C) groups is 1. The summed E-state index contributed by atoms with van der Waals surface area (Å²) in [7, 11) is 0. The highest BCUT2D eigenvalue weighted by Crippen LogP contribution is 2.27. The molecule has 2 heterocycles. The lowest BCUT2D eigenvalue weighted by atomic mass is 9.95. The molecule has 0 radical (unpaired) electrons. The van der Waals surface area contributed by atoms with Crippen LogP contribution in [0, 0.1) is 0 Å². The molecular formula is C11H13N3OS. The van der Waals surface area contributed by atoms with Gasteiger partial charge < -0.3 is 5.21 Å². The molecular weight excluding hydrogens is 222 g/mol. The van der Waals surface area contributed by atoms with Gasteiger partial charge in [0.1, 0.15) is 5.54 Å². The van der Waals surface area contributed by atoms with Crippen LogP contribution in [0.25, 0.3) is 0 Å². The normalized spacial score (nSPS) is 24.2. The van der Waals surface area contributed by atoms with Gasteiger partial charge in [-0.1, -0.05) is 11.2 Å². The molecule has 5 heteroatoms. The van der Waals surface area contributed by atoms with Crippen molar-refractivity contribution in [3.63, 3.8) is 0 Å². The molecule has 2 rings (SSSR count). The van der Waals surface area contributed by atoms with Crippen LogP contribution in [0.3, 0.4) is 0 Å². The summed E-state index contributed by atoms with van der Waals surface area (Å²) in [5.74, 6) is 0.845. The van der Waals surface area contributed by atoms with Gasteiger partial charge in [-0.25, -0.2) is 0 Å². The van der Waals surface area contributed by atoms with Crippen molar-refractivity contribution in [2.75, 3.05) is 5.75 Å². The van der Waals surface area contributed by atoms with Crippen LogP contribution in [-0.2, 0) is 6.42 Å². The molecule has 84 valence electrons.